The number of nitrogens with zero attached hydrogens (tertiary/aromatic N) is 3. The number of rotatable bonds is 5. The fourth-order valence-corrected chi connectivity index (χ4v) is 3.87. The molecule has 0 saturated carbocycles. The van der Waals surface area contributed by atoms with E-state index < -0.39 is 11.9 Å². The number of ether oxygens (including phenoxy) is 2. The van der Waals surface area contributed by atoms with Crippen molar-refractivity contribution in [2.24, 2.45) is 0 Å². The third-order valence-corrected chi connectivity index (χ3v) is 5.37. The van der Waals surface area contributed by atoms with Crippen molar-refractivity contribution in [2.75, 3.05) is 24.3 Å². The smallest absolute Gasteiger partial charge is 0.325 e. The maximum absolute atomic E-state index is 12.3. The van der Waals surface area contributed by atoms with Gasteiger partial charge in [-0.1, -0.05) is 23.9 Å². The summed E-state index contributed by atoms with van der Waals surface area (Å²) in [4.78, 5) is 24.4. The Morgan fingerprint density at radius 2 is 1.87 bits per heavy atom. The number of amides is 3. The highest BCUT2D eigenvalue weighted by atomic mass is 32.2. The molecule has 0 bridgehead atoms. The summed E-state index contributed by atoms with van der Waals surface area (Å²) >= 11 is 1.20. The molecule has 3 amide bonds. The summed E-state index contributed by atoms with van der Waals surface area (Å²) in [6.45, 7) is 4.79. The maximum atomic E-state index is 12.3. The van der Waals surface area contributed by atoms with Crippen molar-refractivity contribution in [3.63, 3.8) is 0 Å². The van der Waals surface area contributed by atoms with Gasteiger partial charge in [0.1, 0.15) is 19.0 Å². The number of benzene rings is 2. The molecule has 2 heterocycles. The van der Waals surface area contributed by atoms with E-state index in [0.29, 0.717) is 41.4 Å². The fourth-order valence-electron chi connectivity index (χ4n) is 3.08. The van der Waals surface area contributed by atoms with Crippen molar-refractivity contribution in [1.29, 1.82) is 0 Å². The van der Waals surface area contributed by atoms with Crippen molar-refractivity contribution in [1.82, 2.24) is 20.1 Å². The zero-order valence-corrected chi connectivity index (χ0v) is 17.9. The molecule has 1 aliphatic rings. The number of urea groups is 1. The summed E-state index contributed by atoms with van der Waals surface area (Å²) in [5, 5.41) is 13.8. The Balaban J connectivity index is 1.34. The summed E-state index contributed by atoms with van der Waals surface area (Å²) in [7, 11) is 0. The van der Waals surface area contributed by atoms with E-state index in [1.54, 1.807) is 18.2 Å². The monoisotopic (exact) mass is 439 g/mol. The molecule has 0 spiro atoms. The van der Waals surface area contributed by atoms with Gasteiger partial charge in [0, 0.05) is 17.4 Å². The van der Waals surface area contributed by atoms with E-state index in [9.17, 15) is 9.59 Å². The number of thioether (sulfide) groups is 1. The highest BCUT2D eigenvalue weighted by Gasteiger charge is 2.16. The predicted octanol–water partition coefficient (Wildman–Crippen LogP) is 3.10. The van der Waals surface area contributed by atoms with Crippen LogP contribution >= 0.6 is 11.8 Å². The van der Waals surface area contributed by atoms with Gasteiger partial charge in [-0.2, -0.15) is 0 Å². The molecule has 9 nitrogen and oxygen atoms in total. The number of fused-ring (bicyclic) bond motifs is 1. The molecule has 10 heteroatoms. The highest BCUT2D eigenvalue weighted by Crippen LogP contribution is 2.32. The van der Waals surface area contributed by atoms with Gasteiger partial charge >= 0.3 is 6.03 Å². The molecule has 1 aliphatic heterocycles. The molecule has 160 valence electrons. The molecular formula is C21H21N5O4S. The Kier molecular flexibility index (Phi) is 6.08. The van der Waals surface area contributed by atoms with Crippen LogP contribution in [0.2, 0.25) is 0 Å². The van der Waals surface area contributed by atoms with Gasteiger partial charge < -0.3 is 14.8 Å². The second kappa shape index (κ2) is 9.09. The number of aromatic nitrogens is 3. The minimum Gasteiger partial charge on any atom is -0.486 e. The third-order valence-electron chi connectivity index (χ3n) is 4.44. The number of anilines is 1. The molecule has 31 heavy (non-hydrogen) atoms. The lowest BCUT2D eigenvalue weighted by Gasteiger charge is -2.19. The molecule has 0 aliphatic carbocycles. The second-order valence-electron chi connectivity index (χ2n) is 6.85. The van der Waals surface area contributed by atoms with Crippen LogP contribution in [-0.2, 0) is 4.79 Å². The van der Waals surface area contributed by atoms with Crippen LogP contribution in [0.25, 0.3) is 5.69 Å². The minimum atomic E-state index is -0.626. The lowest BCUT2D eigenvalue weighted by atomic mass is 10.2. The van der Waals surface area contributed by atoms with E-state index >= 15 is 0 Å². The maximum Gasteiger partial charge on any atom is 0.325 e. The molecule has 4 rings (SSSR count). The number of aryl methyl sites for hydroxylation is 2. The van der Waals surface area contributed by atoms with E-state index in [2.05, 4.69) is 20.8 Å². The van der Waals surface area contributed by atoms with Gasteiger partial charge in [-0.25, -0.2) is 4.79 Å². The standard InChI is InChI=1S/C21H21N5O4S/c1-13-4-3-5-16(10-13)26-14(2)24-25-21(26)31-12-19(27)23-20(28)22-15-6-7-17-18(11-15)30-9-8-29-17/h3-7,10-11H,8-9,12H2,1-2H3,(H2,22,23,27,28). The van der Waals surface area contributed by atoms with Gasteiger partial charge in [-0.3, -0.25) is 14.7 Å². The van der Waals surface area contributed by atoms with Gasteiger partial charge in [-0.15, -0.1) is 10.2 Å². The quantitative estimate of drug-likeness (QED) is 0.588. The molecule has 2 N–H and O–H groups in total. The summed E-state index contributed by atoms with van der Waals surface area (Å²) in [6, 6.07) is 12.3. The Morgan fingerprint density at radius 1 is 1.06 bits per heavy atom. The zero-order valence-electron chi connectivity index (χ0n) is 17.0. The number of carbonyl (C=O) groups is 2. The Labute approximate surface area is 183 Å². The largest absolute Gasteiger partial charge is 0.486 e. The SMILES string of the molecule is Cc1cccc(-n2c(C)nnc2SCC(=O)NC(=O)Nc2ccc3c(c2)OCCO3)c1. The molecule has 0 unspecified atom stereocenters. The summed E-state index contributed by atoms with van der Waals surface area (Å²) < 4.78 is 12.8. The van der Waals surface area contributed by atoms with Crippen LogP contribution in [0.5, 0.6) is 11.5 Å². The first kappa shape index (κ1) is 20.7. The molecule has 0 radical (unpaired) electrons. The van der Waals surface area contributed by atoms with Crippen LogP contribution in [0.4, 0.5) is 10.5 Å². The van der Waals surface area contributed by atoms with Gasteiger partial charge in [0.05, 0.1) is 5.75 Å². The van der Waals surface area contributed by atoms with E-state index in [-0.39, 0.29) is 5.75 Å². The third kappa shape index (κ3) is 4.97. The molecule has 0 atom stereocenters. The lowest BCUT2D eigenvalue weighted by molar-refractivity contribution is -0.117. The van der Waals surface area contributed by atoms with E-state index in [4.69, 9.17) is 9.47 Å². The van der Waals surface area contributed by atoms with Crippen LogP contribution in [0, 0.1) is 13.8 Å². The predicted molar refractivity (Wildman–Crippen MR) is 116 cm³/mol. The average Bonchev–Trinajstić information content (AvgIpc) is 3.12. The van der Waals surface area contributed by atoms with Crippen LogP contribution in [0.3, 0.4) is 0 Å². The number of carbonyl (C=O) groups excluding carboxylic acids is 2. The number of hydrogen-bond acceptors (Lipinski definition) is 7. The van der Waals surface area contributed by atoms with Gasteiger partial charge in [0.2, 0.25) is 5.91 Å². The van der Waals surface area contributed by atoms with Gasteiger partial charge in [0.15, 0.2) is 16.7 Å². The lowest BCUT2D eigenvalue weighted by Crippen LogP contribution is -2.35. The molecule has 0 saturated heterocycles. The summed E-state index contributed by atoms with van der Waals surface area (Å²) in [6.07, 6.45) is 0. The summed E-state index contributed by atoms with van der Waals surface area (Å²) in [5.41, 5.74) is 2.52. The van der Waals surface area contributed by atoms with E-state index in [0.717, 1.165) is 11.3 Å². The number of nitrogens with one attached hydrogen (secondary N) is 2. The zero-order chi connectivity index (χ0) is 21.8. The molecule has 3 aromatic rings. The van der Waals surface area contributed by atoms with Crippen molar-refractivity contribution in [3.05, 3.63) is 53.9 Å². The van der Waals surface area contributed by atoms with Crippen molar-refractivity contribution < 1.29 is 19.1 Å². The Morgan fingerprint density at radius 3 is 2.68 bits per heavy atom. The van der Waals surface area contributed by atoms with Gasteiger partial charge in [0.25, 0.3) is 0 Å². The van der Waals surface area contributed by atoms with Crippen LogP contribution < -0.4 is 20.1 Å². The van der Waals surface area contributed by atoms with Crippen molar-refractivity contribution in [3.8, 4) is 17.2 Å². The first-order valence-corrected chi connectivity index (χ1v) is 10.6. The molecule has 0 fully saturated rings. The minimum absolute atomic E-state index is 0.0124. The first-order valence-electron chi connectivity index (χ1n) is 9.62. The normalized spacial score (nSPS) is 12.3. The fraction of sp³-hybridized carbons (Fsp3) is 0.238. The van der Waals surface area contributed by atoms with Crippen LogP contribution in [-0.4, -0.2) is 45.7 Å². The Hall–Kier alpha value is -3.53. The highest BCUT2D eigenvalue weighted by molar-refractivity contribution is 7.99. The van der Waals surface area contributed by atoms with Crippen molar-refractivity contribution >= 4 is 29.4 Å². The van der Waals surface area contributed by atoms with Crippen LogP contribution in [0.1, 0.15) is 11.4 Å². The van der Waals surface area contributed by atoms with E-state index in [1.807, 2.05) is 42.7 Å². The molecule has 1 aromatic heterocycles. The molecular weight excluding hydrogens is 418 g/mol. The Bertz CT molecular complexity index is 1130. The average molecular weight is 439 g/mol. The first-order chi connectivity index (χ1) is 15.0. The molecule has 2 aromatic carbocycles. The topological polar surface area (TPSA) is 107 Å². The second-order valence-corrected chi connectivity index (χ2v) is 7.80. The number of hydrogen-bond donors (Lipinski definition) is 2. The van der Waals surface area contributed by atoms with Crippen molar-refractivity contribution in [2.45, 2.75) is 19.0 Å². The van der Waals surface area contributed by atoms with Gasteiger partial charge in [-0.05, 0) is 43.7 Å². The van der Waals surface area contributed by atoms with E-state index in [1.165, 1.54) is 11.8 Å². The number of imide groups is 1. The summed E-state index contributed by atoms with van der Waals surface area (Å²) in [5.74, 6) is 1.45. The van der Waals surface area contributed by atoms with Crippen LogP contribution in [0.15, 0.2) is 47.6 Å².